The molecule has 2 heterocycles. The van der Waals surface area contributed by atoms with Crippen LogP contribution in [0, 0.1) is 11.8 Å². The maximum atomic E-state index is 12.8. The van der Waals surface area contributed by atoms with Crippen molar-refractivity contribution in [2.45, 2.75) is 26.8 Å². The quantitative estimate of drug-likeness (QED) is 0.756. The largest absolute Gasteiger partial charge is 0.356 e. The summed E-state index contributed by atoms with van der Waals surface area (Å²) in [4.78, 5) is 21.1. The molecular weight excluding hydrogens is 274 g/mol. The van der Waals surface area contributed by atoms with Crippen molar-refractivity contribution in [1.82, 2.24) is 4.98 Å². The lowest BCUT2D eigenvalue weighted by molar-refractivity contribution is -0.120. The number of carbonyl (C=O) groups excluding carboxylic acids is 1. The van der Waals surface area contributed by atoms with Gasteiger partial charge in [0.25, 0.3) is 0 Å². The predicted molar refractivity (Wildman–Crippen MR) is 92.1 cm³/mol. The van der Waals surface area contributed by atoms with Crippen LogP contribution in [0.25, 0.3) is 0 Å². The molecule has 1 aromatic heterocycles. The number of hydrogen-bond donors (Lipinski definition) is 0. The molecule has 1 aliphatic heterocycles. The van der Waals surface area contributed by atoms with Crippen LogP contribution < -0.4 is 9.80 Å². The minimum absolute atomic E-state index is 0.128. The Bertz CT molecular complexity index is 569. The second kappa shape index (κ2) is 6.77. The molecule has 2 rings (SSSR count). The lowest BCUT2D eigenvalue weighted by atomic mass is 10.0. The summed E-state index contributed by atoms with van der Waals surface area (Å²) in [5.74, 6) is 0.682. The third-order valence-corrected chi connectivity index (χ3v) is 4.23. The molecule has 118 valence electrons. The third kappa shape index (κ3) is 3.06. The molecule has 3 unspecified atom stereocenters. The number of hydrogen-bond acceptors (Lipinski definition) is 3. The average Bonchev–Trinajstić information content (AvgIpc) is 2.54. The van der Waals surface area contributed by atoms with Crippen molar-refractivity contribution < 1.29 is 4.79 Å². The molecule has 1 aliphatic rings. The standard InChI is InChI=1S/C18H25N3O/c1-6-13(3)11-20-15(5)18(22)21(12-14(4)7-2)16-8-9-19-10-17(16)20/h6-10,13-15H,1-2,11-12H2,3-5H3. The number of anilines is 2. The Morgan fingerprint density at radius 3 is 2.50 bits per heavy atom. The molecule has 0 N–H and O–H groups in total. The first-order chi connectivity index (χ1) is 10.5. The Labute approximate surface area is 133 Å². The van der Waals surface area contributed by atoms with Gasteiger partial charge in [0.1, 0.15) is 6.04 Å². The van der Waals surface area contributed by atoms with Crippen molar-refractivity contribution >= 4 is 17.3 Å². The number of rotatable bonds is 6. The Morgan fingerprint density at radius 2 is 1.86 bits per heavy atom. The number of amides is 1. The summed E-state index contributed by atoms with van der Waals surface area (Å²) in [6, 6.07) is 1.72. The zero-order valence-electron chi connectivity index (χ0n) is 13.7. The minimum atomic E-state index is -0.198. The van der Waals surface area contributed by atoms with E-state index in [1.165, 1.54) is 0 Å². The Balaban J connectivity index is 2.41. The minimum Gasteiger partial charge on any atom is -0.356 e. The number of nitrogens with zero attached hydrogens (tertiary/aromatic N) is 3. The molecule has 22 heavy (non-hydrogen) atoms. The maximum absolute atomic E-state index is 12.8. The van der Waals surface area contributed by atoms with Crippen molar-refractivity contribution in [3.8, 4) is 0 Å². The van der Waals surface area contributed by atoms with Gasteiger partial charge in [0.15, 0.2) is 0 Å². The van der Waals surface area contributed by atoms with Crippen LogP contribution in [-0.2, 0) is 4.79 Å². The molecule has 0 saturated carbocycles. The first kappa shape index (κ1) is 16.3. The number of carbonyl (C=O) groups is 1. The maximum Gasteiger partial charge on any atom is 0.249 e. The average molecular weight is 299 g/mol. The van der Waals surface area contributed by atoms with Crippen LogP contribution in [0.15, 0.2) is 43.8 Å². The smallest absolute Gasteiger partial charge is 0.249 e. The molecule has 0 aromatic carbocycles. The fraction of sp³-hybridized carbons (Fsp3) is 0.444. The summed E-state index contributed by atoms with van der Waals surface area (Å²) in [5.41, 5.74) is 1.95. The van der Waals surface area contributed by atoms with Crippen LogP contribution in [0.3, 0.4) is 0 Å². The highest BCUT2D eigenvalue weighted by atomic mass is 16.2. The molecule has 4 heteroatoms. The summed E-state index contributed by atoms with van der Waals surface area (Å²) in [6.07, 6.45) is 7.38. The molecule has 0 radical (unpaired) electrons. The molecule has 0 bridgehead atoms. The van der Waals surface area contributed by atoms with E-state index in [1.807, 2.05) is 36.2 Å². The van der Waals surface area contributed by atoms with Gasteiger partial charge in [-0.05, 0) is 24.8 Å². The molecule has 0 spiro atoms. The first-order valence-corrected chi connectivity index (χ1v) is 7.76. The fourth-order valence-electron chi connectivity index (χ4n) is 2.71. The summed E-state index contributed by atoms with van der Waals surface area (Å²) in [6.45, 7) is 15.2. The Kier molecular flexibility index (Phi) is 5.01. The highest BCUT2D eigenvalue weighted by molar-refractivity contribution is 6.05. The zero-order chi connectivity index (χ0) is 16.3. The molecule has 1 aromatic rings. The van der Waals surface area contributed by atoms with E-state index in [2.05, 4.69) is 36.9 Å². The van der Waals surface area contributed by atoms with Gasteiger partial charge in [0.05, 0.1) is 17.6 Å². The summed E-state index contributed by atoms with van der Waals surface area (Å²) in [5, 5.41) is 0. The summed E-state index contributed by atoms with van der Waals surface area (Å²) in [7, 11) is 0. The van der Waals surface area contributed by atoms with Gasteiger partial charge in [0, 0.05) is 19.3 Å². The Hall–Kier alpha value is -2.10. The zero-order valence-corrected chi connectivity index (χ0v) is 13.7. The molecule has 4 nitrogen and oxygen atoms in total. The van der Waals surface area contributed by atoms with Crippen LogP contribution in [-0.4, -0.2) is 30.0 Å². The fourth-order valence-corrected chi connectivity index (χ4v) is 2.71. The van der Waals surface area contributed by atoms with Crippen molar-refractivity contribution in [1.29, 1.82) is 0 Å². The third-order valence-electron chi connectivity index (χ3n) is 4.23. The van der Waals surface area contributed by atoms with E-state index >= 15 is 0 Å². The number of fused-ring (bicyclic) bond motifs is 1. The van der Waals surface area contributed by atoms with Crippen molar-refractivity contribution in [3.63, 3.8) is 0 Å². The van der Waals surface area contributed by atoms with E-state index in [0.29, 0.717) is 12.5 Å². The van der Waals surface area contributed by atoms with E-state index in [1.54, 1.807) is 6.20 Å². The highest BCUT2D eigenvalue weighted by Crippen LogP contribution is 2.36. The van der Waals surface area contributed by atoms with E-state index in [-0.39, 0.29) is 17.9 Å². The summed E-state index contributed by atoms with van der Waals surface area (Å²) >= 11 is 0. The molecule has 0 aliphatic carbocycles. The van der Waals surface area contributed by atoms with Gasteiger partial charge in [-0.3, -0.25) is 9.78 Å². The highest BCUT2D eigenvalue weighted by Gasteiger charge is 2.36. The Morgan fingerprint density at radius 1 is 1.23 bits per heavy atom. The lowest BCUT2D eigenvalue weighted by Gasteiger charge is -2.42. The SMILES string of the molecule is C=CC(C)CN1C(=O)C(C)N(CC(C)C=C)c2cnccc21. The van der Waals surface area contributed by atoms with Gasteiger partial charge in [-0.25, -0.2) is 0 Å². The van der Waals surface area contributed by atoms with E-state index < -0.39 is 0 Å². The van der Waals surface area contributed by atoms with Crippen LogP contribution in [0.1, 0.15) is 20.8 Å². The van der Waals surface area contributed by atoms with E-state index in [4.69, 9.17) is 0 Å². The van der Waals surface area contributed by atoms with E-state index in [9.17, 15) is 4.79 Å². The van der Waals surface area contributed by atoms with Gasteiger partial charge >= 0.3 is 0 Å². The van der Waals surface area contributed by atoms with Crippen molar-refractivity contribution in [2.24, 2.45) is 11.8 Å². The second-order valence-electron chi connectivity index (χ2n) is 6.07. The monoisotopic (exact) mass is 299 g/mol. The van der Waals surface area contributed by atoms with Crippen LogP contribution in [0.4, 0.5) is 11.4 Å². The second-order valence-corrected chi connectivity index (χ2v) is 6.07. The molecule has 0 saturated heterocycles. The molecule has 3 atom stereocenters. The number of aromatic nitrogens is 1. The topological polar surface area (TPSA) is 36.4 Å². The van der Waals surface area contributed by atoms with Gasteiger partial charge in [-0.2, -0.15) is 0 Å². The van der Waals surface area contributed by atoms with Crippen molar-refractivity contribution in [2.75, 3.05) is 22.9 Å². The normalized spacial score (nSPS) is 20.3. The van der Waals surface area contributed by atoms with Gasteiger partial charge < -0.3 is 9.80 Å². The molecule has 1 amide bonds. The van der Waals surface area contributed by atoms with Gasteiger partial charge in [-0.1, -0.05) is 26.0 Å². The van der Waals surface area contributed by atoms with Gasteiger partial charge in [-0.15, -0.1) is 13.2 Å². The summed E-state index contributed by atoms with van der Waals surface area (Å²) < 4.78 is 0. The number of pyridine rings is 1. The van der Waals surface area contributed by atoms with E-state index in [0.717, 1.165) is 17.9 Å². The van der Waals surface area contributed by atoms with Crippen LogP contribution >= 0.6 is 0 Å². The molecule has 0 fully saturated rings. The molecular formula is C18H25N3O. The van der Waals surface area contributed by atoms with Crippen LogP contribution in [0.2, 0.25) is 0 Å². The lowest BCUT2D eigenvalue weighted by Crippen LogP contribution is -2.54. The predicted octanol–water partition coefficient (Wildman–Crippen LogP) is 3.27. The van der Waals surface area contributed by atoms with Crippen molar-refractivity contribution in [3.05, 3.63) is 43.8 Å². The van der Waals surface area contributed by atoms with Crippen LogP contribution in [0.5, 0.6) is 0 Å². The first-order valence-electron chi connectivity index (χ1n) is 7.76. The van der Waals surface area contributed by atoms with Gasteiger partial charge in [0.2, 0.25) is 5.91 Å².